The van der Waals surface area contributed by atoms with Crippen LogP contribution in [0.3, 0.4) is 0 Å². The molecule has 0 radical (unpaired) electrons. The highest BCUT2D eigenvalue weighted by molar-refractivity contribution is 5.78. The third kappa shape index (κ3) is 2.80. The van der Waals surface area contributed by atoms with Crippen molar-refractivity contribution in [3.63, 3.8) is 0 Å². The summed E-state index contributed by atoms with van der Waals surface area (Å²) < 4.78 is 12.8. The van der Waals surface area contributed by atoms with Gasteiger partial charge in [-0.2, -0.15) is 0 Å². The van der Waals surface area contributed by atoms with Crippen molar-refractivity contribution in [3.8, 4) is 11.5 Å². The first-order valence-corrected chi connectivity index (χ1v) is 8.19. The quantitative estimate of drug-likeness (QED) is 0.734. The van der Waals surface area contributed by atoms with E-state index >= 15 is 0 Å². The average molecular weight is 337 g/mol. The fourth-order valence-corrected chi connectivity index (χ4v) is 3.08. The van der Waals surface area contributed by atoms with Crippen LogP contribution in [0.25, 0.3) is 10.9 Å². The van der Waals surface area contributed by atoms with E-state index in [1.54, 1.807) is 17.7 Å². The Morgan fingerprint density at radius 1 is 1.12 bits per heavy atom. The SMILES string of the molecule is CN(Cc1ccc2c(c1)OCCO2)c1nc2ccccc2c(=O)n1C. The largest absolute Gasteiger partial charge is 0.486 e. The van der Waals surface area contributed by atoms with Crippen molar-refractivity contribution in [3.05, 3.63) is 58.4 Å². The van der Waals surface area contributed by atoms with Crippen molar-refractivity contribution in [1.29, 1.82) is 0 Å². The third-order valence-corrected chi connectivity index (χ3v) is 4.33. The minimum absolute atomic E-state index is 0.0466. The molecule has 0 aliphatic carbocycles. The zero-order chi connectivity index (χ0) is 17.4. The van der Waals surface area contributed by atoms with Gasteiger partial charge in [0, 0.05) is 20.6 Å². The van der Waals surface area contributed by atoms with Gasteiger partial charge >= 0.3 is 0 Å². The molecule has 0 atom stereocenters. The van der Waals surface area contributed by atoms with E-state index in [9.17, 15) is 4.79 Å². The van der Waals surface area contributed by atoms with E-state index in [4.69, 9.17) is 9.47 Å². The van der Waals surface area contributed by atoms with Crippen LogP contribution < -0.4 is 19.9 Å². The van der Waals surface area contributed by atoms with Gasteiger partial charge in [0.25, 0.3) is 5.56 Å². The van der Waals surface area contributed by atoms with Gasteiger partial charge in [-0.1, -0.05) is 18.2 Å². The molecule has 4 rings (SSSR count). The second kappa shape index (κ2) is 6.12. The number of hydrogen-bond donors (Lipinski definition) is 0. The standard InChI is InChI=1S/C19H19N3O3/c1-21(12-13-7-8-16-17(11-13)25-10-9-24-16)19-20-15-6-4-3-5-14(15)18(23)22(19)2/h3-8,11H,9-10,12H2,1-2H3. The van der Waals surface area contributed by atoms with Crippen molar-refractivity contribution in [1.82, 2.24) is 9.55 Å². The molecule has 2 aromatic carbocycles. The lowest BCUT2D eigenvalue weighted by Gasteiger charge is -2.23. The molecular weight excluding hydrogens is 318 g/mol. The molecule has 0 amide bonds. The van der Waals surface area contributed by atoms with Crippen LogP contribution in [0.1, 0.15) is 5.56 Å². The first kappa shape index (κ1) is 15.5. The van der Waals surface area contributed by atoms with E-state index in [0.717, 1.165) is 17.1 Å². The summed E-state index contributed by atoms with van der Waals surface area (Å²) >= 11 is 0. The van der Waals surface area contributed by atoms with Gasteiger partial charge in [-0.25, -0.2) is 4.98 Å². The minimum Gasteiger partial charge on any atom is -0.486 e. The first-order valence-electron chi connectivity index (χ1n) is 8.19. The molecule has 0 fully saturated rings. The monoisotopic (exact) mass is 337 g/mol. The summed E-state index contributed by atoms with van der Waals surface area (Å²) in [7, 11) is 3.67. The van der Waals surface area contributed by atoms with E-state index in [-0.39, 0.29) is 5.56 Å². The predicted molar refractivity (Wildman–Crippen MR) is 96.5 cm³/mol. The van der Waals surface area contributed by atoms with Crippen LogP contribution in [0.2, 0.25) is 0 Å². The molecule has 25 heavy (non-hydrogen) atoms. The summed E-state index contributed by atoms with van der Waals surface area (Å²) in [6.45, 7) is 1.75. The van der Waals surface area contributed by atoms with Gasteiger partial charge < -0.3 is 14.4 Å². The Morgan fingerprint density at radius 2 is 1.88 bits per heavy atom. The number of rotatable bonds is 3. The van der Waals surface area contributed by atoms with Crippen LogP contribution in [-0.4, -0.2) is 29.8 Å². The van der Waals surface area contributed by atoms with Crippen molar-refractivity contribution >= 4 is 16.9 Å². The lowest BCUT2D eigenvalue weighted by molar-refractivity contribution is 0.171. The van der Waals surface area contributed by atoms with E-state index in [1.807, 2.05) is 48.3 Å². The van der Waals surface area contributed by atoms with E-state index in [2.05, 4.69) is 4.98 Å². The van der Waals surface area contributed by atoms with Crippen LogP contribution in [0, 0.1) is 0 Å². The van der Waals surface area contributed by atoms with Crippen molar-refractivity contribution in [2.24, 2.45) is 7.05 Å². The molecular formula is C19H19N3O3. The smallest absolute Gasteiger partial charge is 0.262 e. The lowest BCUT2D eigenvalue weighted by Crippen LogP contribution is -2.28. The van der Waals surface area contributed by atoms with Crippen LogP contribution in [0.15, 0.2) is 47.3 Å². The van der Waals surface area contributed by atoms with Gasteiger partial charge in [0.2, 0.25) is 5.95 Å². The number of ether oxygens (including phenoxy) is 2. The van der Waals surface area contributed by atoms with E-state index < -0.39 is 0 Å². The Kier molecular flexibility index (Phi) is 3.80. The average Bonchev–Trinajstić information content (AvgIpc) is 2.64. The highest BCUT2D eigenvalue weighted by atomic mass is 16.6. The molecule has 6 nitrogen and oxygen atoms in total. The molecule has 0 saturated carbocycles. The zero-order valence-electron chi connectivity index (χ0n) is 14.2. The zero-order valence-corrected chi connectivity index (χ0v) is 14.2. The lowest BCUT2D eigenvalue weighted by atomic mass is 10.2. The number of anilines is 1. The number of benzene rings is 2. The van der Waals surface area contributed by atoms with E-state index in [1.165, 1.54) is 0 Å². The highest BCUT2D eigenvalue weighted by Gasteiger charge is 2.15. The minimum atomic E-state index is -0.0466. The fourth-order valence-electron chi connectivity index (χ4n) is 3.08. The van der Waals surface area contributed by atoms with Crippen molar-refractivity contribution in [2.75, 3.05) is 25.2 Å². The van der Waals surface area contributed by atoms with Gasteiger partial charge in [-0.3, -0.25) is 9.36 Å². The fraction of sp³-hybridized carbons (Fsp3) is 0.263. The Hall–Kier alpha value is -3.02. The number of fused-ring (bicyclic) bond motifs is 2. The number of aromatic nitrogens is 2. The molecule has 3 aromatic rings. The maximum atomic E-state index is 12.6. The van der Waals surface area contributed by atoms with Crippen molar-refractivity contribution < 1.29 is 9.47 Å². The van der Waals surface area contributed by atoms with Gasteiger partial charge in [-0.05, 0) is 29.8 Å². The predicted octanol–water partition coefficient (Wildman–Crippen LogP) is 2.34. The summed E-state index contributed by atoms with van der Waals surface area (Å²) in [6, 6.07) is 13.3. The molecule has 1 aliphatic heterocycles. The second-order valence-electron chi connectivity index (χ2n) is 6.13. The van der Waals surface area contributed by atoms with E-state index in [0.29, 0.717) is 36.6 Å². The highest BCUT2D eigenvalue weighted by Crippen LogP contribution is 2.31. The molecule has 128 valence electrons. The Bertz CT molecular complexity index is 997. The molecule has 1 aromatic heterocycles. The Balaban J connectivity index is 1.67. The molecule has 0 bridgehead atoms. The molecule has 2 heterocycles. The van der Waals surface area contributed by atoms with Gasteiger partial charge in [0.05, 0.1) is 10.9 Å². The molecule has 0 saturated heterocycles. The molecule has 0 N–H and O–H groups in total. The van der Waals surface area contributed by atoms with Gasteiger partial charge in [-0.15, -0.1) is 0 Å². The maximum absolute atomic E-state index is 12.6. The first-order chi connectivity index (χ1) is 12.1. The van der Waals surface area contributed by atoms with Gasteiger partial charge in [0.1, 0.15) is 13.2 Å². The van der Waals surface area contributed by atoms with Crippen LogP contribution in [0.4, 0.5) is 5.95 Å². The Morgan fingerprint density at radius 3 is 2.72 bits per heavy atom. The van der Waals surface area contributed by atoms with Crippen LogP contribution in [-0.2, 0) is 13.6 Å². The Labute approximate surface area is 145 Å². The van der Waals surface area contributed by atoms with Crippen LogP contribution >= 0.6 is 0 Å². The topological polar surface area (TPSA) is 56.6 Å². The second-order valence-corrected chi connectivity index (χ2v) is 6.13. The summed E-state index contributed by atoms with van der Waals surface area (Å²) in [4.78, 5) is 19.2. The van der Waals surface area contributed by atoms with Crippen molar-refractivity contribution in [2.45, 2.75) is 6.54 Å². The summed E-state index contributed by atoms with van der Waals surface area (Å²) in [5.41, 5.74) is 1.72. The third-order valence-electron chi connectivity index (χ3n) is 4.33. The summed E-state index contributed by atoms with van der Waals surface area (Å²) in [5.74, 6) is 2.16. The molecule has 0 unspecified atom stereocenters. The normalized spacial score (nSPS) is 13.0. The van der Waals surface area contributed by atoms with Gasteiger partial charge in [0.15, 0.2) is 11.5 Å². The number of para-hydroxylation sites is 1. The number of nitrogens with zero attached hydrogens (tertiary/aromatic N) is 3. The maximum Gasteiger partial charge on any atom is 0.262 e. The molecule has 6 heteroatoms. The number of hydrogen-bond acceptors (Lipinski definition) is 5. The summed E-state index contributed by atoms with van der Waals surface area (Å²) in [5, 5.41) is 0.626. The summed E-state index contributed by atoms with van der Waals surface area (Å²) in [6.07, 6.45) is 0. The molecule has 0 spiro atoms. The van der Waals surface area contributed by atoms with Crippen LogP contribution in [0.5, 0.6) is 11.5 Å². The molecule has 1 aliphatic rings.